The van der Waals surface area contributed by atoms with E-state index in [-0.39, 0.29) is 16.7 Å². The lowest BCUT2D eigenvalue weighted by Crippen LogP contribution is -2.24. The van der Waals surface area contributed by atoms with Crippen LogP contribution < -0.4 is 9.47 Å². The van der Waals surface area contributed by atoms with Gasteiger partial charge in [-0.05, 0) is 24.3 Å². The minimum Gasteiger partial charge on any atom is -0.435 e. The number of ether oxygens (including phenoxy) is 2. The summed E-state index contributed by atoms with van der Waals surface area (Å²) in [6.07, 6.45) is 0.936. The van der Waals surface area contributed by atoms with Crippen molar-refractivity contribution in [3.63, 3.8) is 0 Å². The Morgan fingerprint density at radius 2 is 1.48 bits per heavy atom. The normalized spacial score (nSPS) is 13.8. The molecule has 2 amide bonds. The van der Waals surface area contributed by atoms with E-state index >= 15 is 0 Å². The van der Waals surface area contributed by atoms with E-state index in [9.17, 15) is 27.2 Å². The van der Waals surface area contributed by atoms with Gasteiger partial charge < -0.3 is 9.47 Å². The average Bonchev–Trinajstić information content (AvgIpc) is 2.85. The first-order valence-electron chi connectivity index (χ1n) is 7.42. The van der Waals surface area contributed by atoms with Gasteiger partial charge in [-0.1, -0.05) is 12.1 Å². The number of amides is 2. The summed E-state index contributed by atoms with van der Waals surface area (Å²) in [6.45, 7) is -6.39. The number of halogens is 4. The predicted octanol–water partition coefficient (Wildman–Crippen LogP) is 3.52. The van der Waals surface area contributed by atoms with E-state index in [4.69, 9.17) is 0 Å². The van der Waals surface area contributed by atoms with Crippen LogP contribution in [-0.2, 0) is 0 Å². The fourth-order valence-electron chi connectivity index (χ4n) is 2.40. The van der Waals surface area contributed by atoms with E-state index in [1.807, 2.05) is 0 Å². The van der Waals surface area contributed by atoms with Gasteiger partial charge in [-0.25, -0.2) is 0 Å². The molecule has 0 unspecified atom stereocenters. The third-order valence-corrected chi connectivity index (χ3v) is 3.51. The van der Waals surface area contributed by atoms with E-state index in [0.717, 1.165) is 24.4 Å². The summed E-state index contributed by atoms with van der Waals surface area (Å²) in [5.74, 6) is -2.27. The molecule has 0 fully saturated rings. The Labute approximate surface area is 149 Å². The van der Waals surface area contributed by atoms with E-state index in [2.05, 4.69) is 14.6 Å². The molecule has 0 radical (unpaired) electrons. The molecule has 0 aliphatic carbocycles. The second-order valence-corrected chi connectivity index (χ2v) is 5.17. The minimum atomic E-state index is -3.24. The Morgan fingerprint density at radius 1 is 0.889 bits per heavy atom. The second-order valence-electron chi connectivity index (χ2n) is 5.17. The van der Waals surface area contributed by atoms with Crippen LogP contribution in [0.4, 0.5) is 17.6 Å². The zero-order valence-corrected chi connectivity index (χ0v) is 13.3. The van der Waals surface area contributed by atoms with Crippen molar-refractivity contribution in [1.82, 2.24) is 5.01 Å². The number of alkyl halides is 4. The Hall–Kier alpha value is -3.43. The number of benzene rings is 2. The summed E-state index contributed by atoms with van der Waals surface area (Å²) in [5.41, 5.74) is 0.238. The summed E-state index contributed by atoms with van der Waals surface area (Å²) < 4.78 is 58.0. The highest BCUT2D eigenvalue weighted by atomic mass is 19.3. The molecule has 1 aliphatic rings. The molecule has 6 nitrogen and oxygen atoms in total. The van der Waals surface area contributed by atoms with Gasteiger partial charge in [0.05, 0.1) is 17.3 Å². The lowest BCUT2D eigenvalue weighted by Gasteiger charge is -2.11. The summed E-state index contributed by atoms with van der Waals surface area (Å²) in [4.78, 5) is 24.4. The molecule has 10 heteroatoms. The quantitative estimate of drug-likeness (QED) is 0.436. The molecular weight excluding hydrogens is 372 g/mol. The topological polar surface area (TPSA) is 68.2 Å². The van der Waals surface area contributed by atoms with Crippen molar-refractivity contribution in [1.29, 1.82) is 0 Å². The maximum Gasteiger partial charge on any atom is 0.387 e. The molecule has 2 aromatic rings. The first-order chi connectivity index (χ1) is 12.9. The maximum atomic E-state index is 12.6. The van der Waals surface area contributed by atoms with Gasteiger partial charge in [0.2, 0.25) is 0 Å². The molecular formula is C17H10F4N2O4. The number of hydrogen-bond acceptors (Lipinski definition) is 5. The maximum absolute atomic E-state index is 12.6. The van der Waals surface area contributed by atoms with Crippen LogP contribution in [0, 0.1) is 0 Å². The summed E-state index contributed by atoms with van der Waals surface area (Å²) in [6, 6.07) is 9.08. The third kappa shape index (κ3) is 3.89. The molecule has 0 atom stereocenters. The molecule has 0 aromatic heterocycles. The second kappa shape index (κ2) is 7.44. The van der Waals surface area contributed by atoms with E-state index in [1.165, 1.54) is 12.1 Å². The van der Waals surface area contributed by atoms with E-state index in [0.29, 0.717) is 5.01 Å². The van der Waals surface area contributed by atoms with Crippen molar-refractivity contribution >= 4 is 18.0 Å². The highest BCUT2D eigenvalue weighted by Gasteiger charge is 2.35. The Balaban J connectivity index is 1.88. The summed E-state index contributed by atoms with van der Waals surface area (Å²) in [7, 11) is 0. The third-order valence-electron chi connectivity index (χ3n) is 3.51. The van der Waals surface area contributed by atoms with Gasteiger partial charge in [0.15, 0.2) is 0 Å². The van der Waals surface area contributed by atoms with E-state index < -0.39 is 36.5 Å². The average molecular weight is 382 g/mol. The van der Waals surface area contributed by atoms with Crippen molar-refractivity contribution in [3.05, 3.63) is 59.2 Å². The van der Waals surface area contributed by atoms with Crippen LogP contribution in [0.2, 0.25) is 0 Å². The summed E-state index contributed by atoms with van der Waals surface area (Å²) >= 11 is 0. The van der Waals surface area contributed by atoms with Gasteiger partial charge >= 0.3 is 13.2 Å². The molecule has 0 N–H and O–H groups in total. The fraction of sp³-hybridized carbons (Fsp3) is 0.118. The van der Waals surface area contributed by atoms with Crippen molar-refractivity contribution in [2.45, 2.75) is 13.2 Å². The highest BCUT2D eigenvalue weighted by molar-refractivity contribution is 6.21. The standard InChI is InChI=1S/C17H10F4N2O4/c18-16(19)26-10-6-5-9(13(7-10)27-17(20)21)8-22-23-14(24)11-3-1-2-4-12(11)15(23)25/h1-8,16-17H. The first kappa shape index (κ1) is 18.4. The van der Waals surface area contributed by atoms with Gasteiger partial charge in [0.25, 0.3) is 11.8 Å². The van der Waals surface area contributed by atoms with Crippen molar-refractivity contribution in [2.24, 2.45) is 5.10 Å². The lowest BCUT2D eigenvalue weighted by molar-refractivity contribution is -0.0543. The molecule has 140 valence electrons. The largest absolute Gasteiger partial charge is 0.435 e. The number of fused-ring (bicyclic) bond motifs is 1. The van der Waals surface area contributed by atoms with Gasteiger partial charge in [-0.3, -0.25) is 9.59 Å². The lowest BCUT2D eigenvalue weighted by atomic mass is 10.1. The molecule has 27 heavy (non-hydrogen) atoms. The Morgan fingerprint density at radius 3 is 2.04 bits per heavy atom. The highest BCUT2D eigenvalue weighted by Crippen LogP contribution is 2.27. The van der Waals surface area contributed by atoms with E-state index in [1.54, 1.807) is 12.1 Å². The van der Waals surface area contributed by atoms with Crippen LogP contribution >= 0.6 is 0 Å². The number of carbonyl (C=O) groups is 2. The van der Waals surface area contributed by atoms with Gasteiger partial charge in [0, 0.05) is 11.6 Å². The van der Waals surface area contributed by atoms with Crippen LogP contribution in [0.1, 0.15) is 26.3 Å². The molecule has 1 aliphatic heterocycles. The van der Waals surface area contributed by atoms with Crippen LogP contribution in [0.15, 0.2) is 47.6 Å². The summed E-state index contributed by atoms with van der Waals surface area (Å²) in [5, 5.41) is 4.29. The Kier molecular flexibility index (Phi) is 5.06. The van der Waals surface area contributed by atoms with Crippen molar-refractivity contribution in [2.75, 3.05) is 0 Å². The molecule has 0 spiro atoms. The number of hydrogen-bond donors (Lipinski definition) is 0. The van der Waals surface area contributed by atoms with Crippen LogP contribution in [0.3, 0.4) is 0 Å². The zero-order chi connectivity index (χ0) is 19.6. The van der Waals surface area contributed by atoms with Gasteiger partial charge in [-0.15, -0.1) is 0 Å². The van der Waals surface area contributed by atoms with Gasteiger partial charge in [-0.2, -0.15) is 27.7 Å². The molecule has 2 aromatic carbocycles. The van der Waals surface area contributed by atoms with Crippen molar-refractivity contribution in [3.8, 4) is 11.5 Å². The number of nitrogens with zero attached hydrogens (tertiary/aromatic N) is 2. The van der Waals surface area contributed by atoms with Crippen molar-refractivity contribution < 1.29 is 36.6 Å². The van der Waals surface area contributed by atoms with Crippen LogP contribution in [0.25, 0.3) is 0 Å². The molecule has 3 rings (SSSR count). The smallest absolute Gasteiger partial charge is 0.387 e. The SMILES string of the molecule is O=C1c2ccccc2C(=O)N1N=Cc1ccc(OC(F)F)cc1OC(F)F. The molecule has 0 saturated heterocycles. The zero-order valence-electron chi connectivity index (χ0n) is 13.3. The Bertz CT molecular complexity index is 883. The van der Waals surface area contributed by atoms with Crippen LogP contribution in [-0.4, -0.2) is 36.3 Å². The number of rotatable bonds is 6. The monoisotopic (exact) mass is 382 g/mol. The number of carbonyl (C=O) groups excluding carboxylic acids is 2. The molecule has 1 heterocycles. The number of hydrazone groups is 1. The van der Waals surface area contributed by atoms with Gasteiger partial charge in [0.1, 0.15) is 11.5 Å². The van der Waals surface area contributed by atoms with Crippen LogP contribution in [0.5, 0.6) is 11.5 Å². The predicted molar refractivity (Wildman–Crippen MR) is 84.2 cm³/mol. The molecule has 0 bridgehead atoms. The molecule has 0 saturated carbocycles. The minimum absolute atomic E-state index is 0.0755. The fourth-order valence-corrected chi connectivity index (χ4v) is 2.40. The first-order valence-corrected chi connectivity index (χ1v) is 7.42. The number of imide groups is 1.